The second kappa shape index (κ2) is 8.11. The lowest BCUT2D eigenvalue weighted by Crippen LogP contribution is -2.50. The fourth-order valence-corrected chi connectivity index (χ4v) is 2.22. The van der Waals surface area contributed by atoms with E-state index >= 15 is 0 Å². The lowest BCUT2D eigenvalue weighted by molar-refractivity contribution is -0.145. The van der Waals surface area contributed by atoms with Crippen LogP contribution in [-0.2, 0) is 9.59 Å². The molecule has 4 heteroatoms. The summed E-state index contributed by atoms with van der Waals surface area (Å²) in [7, 11) is 0. The number of aliphatic carboxylic acids is 1. The molecule has 0 rings (SSSR count). The zero-order chi connectivity index (χ0) is 14.2. The van der Waals surface area contributed by atoms with E-state index in [2.05, 4.69) is 12.2 Å². The highest BCUT2D eigenvalue weighted by molar-refractivity contribution is 5.82. The summed E-state index contributed by atoms with van der Waals surface area (Å²) in [5.74, 6) is -1.22. The molecule has 0 aromatic rings. The van der Waals surface area contributed by atoms with Crippen LogP contribution >= 0.6 is 0 Å². The number of hydrogen-bond acceptors (Lipinski definition) is 2. The van der Waals surface area contributed by atoms with Crippen molar-refractivity contribution in [1.82, 2.24) is 5.32 Å². The molecule has 2 unspecified atom stereocenters. The third-order valence-electron chi connectivity index (χ3n) is 3.70. The minimum Gasteiger partial charge on any atom is -0.480 e. The second-order valence-corrected chi connectivity index (χ2v) is 5.29. The molecule has 0 radical (unpaired) electrons. The molecule has 0 saturated carbocycles. The highest BCUT2D eigenvalue weighted by Gasteiger charge is 2.37. The fraction of sp³-hybridized carbons (Fsp3) is 0.857. The van der Waals surface area contributed by atoms with Crippen LogP contribution in [0.2, 0.25) is 0 Å². The van der Waals surface area contributed by atoms with Crippen LogP contribution < -0.4 is 5.32 Å². The summed E-state index contributed by atoms with van der Waals surface area (Å²) in [6.45, 7) is 7.45. The van der Waals surface area contributed by atoms with Crippen molar-refractivity contribution in [3.05, 3.63) is 0 Å². The van der Waals surface area contributed by atoms with Gasteiger partial charge in [-0.1, -0.05) is 46.5 Å². The Morgan fingerprint density at radius 1 is 1.22 bits per heavy atom. The topological polar surface area (TPSA) is 66.4 Å². The lowest BCUT2D eigenvalue weighted by atomic mass is 9.75. The molecule has 18 heavy (non-hydrogen) atoms. The molecule has 106 valence electrons. The maximum absolute atomic E-state index is 11.3. The van der Waals surface area contributed by atoms with Gasteiger partial charge in [-0.25, -0.2) is 4.79 Å². The van der Waals surface area contributed by atoms with Crippen LogP contribution in [0.4, 0.5) is 0 Å². The van der Waals surface area contributed by atoms with Crippen LogP contribution in [0.1, 0.15) is 66.2 Å². The second-order valence-electron chi connectivity index (χ2n) is 5.29. The Kier molecular flexibility index (Phi) is 7.64. The molecule has 0 heterocycles. The third kappa shape index (κ3) is 5.52. The van der Waals surface area contributed by atoms with E-state index in [1.807, 2.05) is 13.8 Å². The number of carbonyl (C=O) groups is 2. The third-order valence-corrected chi connectivity index (χ3v) is 3.70. The molecular weight excluding hydrogens is 230 g/mol. The standard InChI is InChI=1S/C14H27NO3/c1-5-7-8-9-10-14(4,6-2)12(13(17)18)15-11(3)16/h12H,5-10H2,1-4H3,(H,15,16)(H,17,18). The van der Waals surface area contributed by atoms with E-state index in [0.29, 0.717) is 0 Å². The number of carboxylic acids is 1. The van der Waals surface area contributed by atoms with Gasteiger partial charge in [-0.05, 0) is 18.3 Å². The van der Waals surface area contributed by atoms with E-state index < -0.39 is 12.0 Å². The van der Waals surface area contributed by atoms with E-state index in [0.717, 1.165) is 32.1 Å². The van der Waals surface area contributed by atoms with E-state index in [-0.39, 0.29) is 11.3 Å². The van der Waals surface area contributed by atoms with Gasteiger partial charge in [0.15, 0.2) is 0 Å². The minimum atomic E-state index is -0.940. The van der Waals surface area contributed by atoms with Crippen molar-refractivity contribution < 1.29 is 14.7 Å². The predicted molar refractivity (Wildman–Crippen MR) is 72.4 cm³/mol. The largest absolute Gasteiger partial charge is 0.480 e. The Bertz CT molecular complexity index is 278. The predicted octanol–water partition coefficient (Wildman–Crippen LogP) is 2.96. The number of carbonyl (C=O) groups excluding carboxylic acids is 1. The number of unbranched alkanes of at least 4 members (excludes halogenated alkanes) is 3. The van der Waals surface area contributed by atoms with Gasteiger partial charge in [0.05, 0.1) is 0 Å². The molecule has 2 N–H and O–H groups in total. The highest BCUT2D eigenvalue weighted by Crippen LogP contribution is 2.32. The van der Waals surface area contributed by atoms with Gasteiger partial charge in [0.2, 0.25) is 5.91 Å². The van der Waals surface area contributed by atoms with Gasteiger partial charge in [-0.2, -0.15) is 0 Å². The molecular formula is C14H27NO3. The van der Waals surface area contributed by atoms with Crippen molar-refractivity contribution in [2.45, 2.75) is 72.3 Å². The Morgan fingerprint density at radius 3 is 2.22 bits per heavy atom. The molecule has 0 aromatic carbocycles. The monoisotopic (exact) mass is 257 g/mol. The van der Waals surface area contributed by atoms with Crippen LogP contribution in [0.15, 0.2) is 0 Å². The van der Waals surface area contributed by atoms with Crippen LogP contribution in [0, 0.1) is 5.41 Å². The van der Waals surface area contributed by atoms with Gasteiger partial charge >= 0.3 is 5.97 Å². The first-order valence-corrected chi connectivity index (χ1v) is 6.87. The molecule has 0 fully saturated rings. The summed E-state index contributed by atoms with van der Waals surface area (Å²) in [5, 5.41) is 11.9. The fourth-order valence-electron chi connectivity index (χ4n) is 2.22. The van der Waals surface area contributed by atoms with Crippen LogP contribution in [0.3, 0.4) is 0 Å². The summed E-state index contributed by atoms with van der Waals surface area (Å²) in [6, 6.07) is -0.790. The number of hydrogen-bond donors (Lipinski definition) is 2. The Labute approximate surface area is 110 Å². The number of carboxylic acid groups (broad SMARTS) is 1. The molecule has 0 aliphatic heterocycles. The molecule has 0 aliphatic rings. The quantitative estimate of drug-likeness (QED) is 0.624. The number of nitrogens with one attached hydrogen (secondary N) is 1. The first kappa shape index (κ1) is 16.9. The molecule has 1 amide bonds. The Balaban J connectivity index is 4.62. The first-order valence-electron chi connectivity index (χ1n) is 6.87. The smallest absolute Gasteiger partial charge is 0.326 e. The number of amides is 1. The van der Waals surface area contributed by atoms with Crippen LogP contribution in [0.25, 0.3) is 0 Å². The van der Waals surface area contributed by atoms with Gasteiger partial charge in [-0.3, -0.25) is 4.79 Å². The highest BCUT2D eigenvalue weighted by atomic mass is 16.4. The summed E-state index contributed by atoms with van der Waals surface area (Å²) in [5.41, 5.74) is -0.370. The molecule has 0 spiro atoms. The van der Waals surface area contributed by atoms with Gasteiger partial charge in [0.1, 0.15) is 6.04 Å². The zero-order valence-electron chi connectivity index (χ0n) is 12.1. The first-order chi connectivity index (χ1) is 8.37. The minimum absolute atomic E-state index is 0.282. The normalized spacial score (nSPS) is 15.8. The van der Waals surface area contributed by atoms with Gasteiger partial charge < -0.3 is 10.4 Å². The van der Waals surface area contributed by atoms with E-state index in [9.17, 15) is 14.7 Å². The molecule has 0 aliphatic carbocycles. The van der Waals surface area contributed by atoms with Gasteiger partial charge in [-0.15, -0.1) is 0 Å². The molecule has 0 bridgehead atoms. The van der Waals surface area contributed by atoms with E-state index in [1.165, 1.54) is 13.3 Å². The summed E-state index contributed by atoms with van der Waals surface area (Å²) < 4.78 is 0. The lowest BCUT2D eigenvalue weighted by Gasteiger charge is -2.34. The number of rotatable bonds is 9. The van der Waals surface area contributed by atoms with E-state index in [1.54, 1.807) is 0 Å². The van der Waals surface area contributed by atoms with Crippen molar-refractivity contribution in [1.29, 1.82) is 0 Å². The van der Waals surface area contributed by atoms with Crippen molar-refractivity contribution in [3.8, 4) is 0 Å². The van der Waals surface area contributed by atoms with Crippen molar-refractivity contribution in [2.24, 2.45) is 5.41 Å². The molecule has 2 atom stereocenters. The van der Waals surface area contributed by atoms with Crippen LogP contribution in [0.5, 0.6) is 0 Å². The average Bonchev–Trinajstić information content (AvgIpc) is 2.31. The van der Waals surface area contributed by atoms with Crippen molar-refractivity contribution >= 4 is 11.9 Å². The molecule has 4 nitrogen and oxygen atoms in total. The molecule has 0 saturated heterocycles. The van der Waals surface area contributed by atoms with E-state index in [4.69, 9.17) is 0 Å². The van der Waals surface area contributed by atoms with Crippen molar-refractivity contribution in [2.75, 3.05) is 0 Å². The SMILES string of the molecule is CCCCCCC(C)(CC)C(NC(C)=O)C(=O)O. The maximum Gasteiger partial charge on any atom is 0.326 e. The van der Waals surface area contributed by atoms with Crippen molar-refractivity contribution in [3.63, 3.8) is 0 Å². The Morgan fingerprint density at radius 2 is 1.83 bits per heavy atom. The molecule has 0 aromatic heterocycles. The van der Waals surface area contributed by atoms with Gasteiger partial charge in [0.25, 0.3) is 0 Å². The average molecular weight is 257 g/mol. The summed E-state index contributed by atoms with van der Waals surface area (Å²) in [4.78, 5) is 22.4. The summed E-state index contributed by atoms with van der Waals surface area (Å²) in [6.07, 6.45) is 6.06. The zero-order valence-corrected chi connectivity index (χ0v) is 12.1. The maximum atomic E-state index is 11.3. The van der Waals surface area contributed by atoms with Crippen LogP contribution in [-0.4, -0.2) is 23.0 Å². The van der Waals surface area contributed by atoms with Gasteiger partial charge in [0, 0.05) is 6.92 Å². The Hall–Kier alpha value is -1.06. The summed E-state index contributed by atoms with van der Waals surface area (Å²) >= 11 is 0.